The van der Waals surface area contributed by atoms with E-state index in [2.05, 4.69) is 19.9 Å². The zero-order chi connectivity index (χ0) is 12.8. The Hall–Kier alpha value is -0.180. The second-order valence-electron chi connectivity index (χ2n) is 4.76. The molecule has 0 bridgehead atoms. The lowest BCUT2D eigenvalue weighted by atomic mass is 10.1. The highest BCUT2D eigenvalue weighted by atomic mass is 35.5. The van der Waals surface area contributed by atoms with E-state index >= 15 is 0 Å². The average molecular weight is 272 g/mol. The Balaban J connectivity index is 2.75. The van der Waals surface area contributed by atoms with Crippen molar-refractivity contribution in [3.8, 4) is 0 Å². The maximum absolute atomic E-state index is 6.04. The van der Waals surface area contributed by atoms with Crippen molar-refractivity contribution in [1.29, 1.82) is 0 Å². The molecule has 1 aromatic carbocycles. The molecule has 3 heteroatoms. The number of thioether (sulfide) groups is 1. The lowest BCUT2D eigenvalue weighted by Crippen LogP contribution is -2.18. The van der Waals surface area contributed by atoms with Crippen LogP contribution in [-0.2, 0) is 6.42 Å². The number of rotatable bonds is 6. The van der Waals surface area contributed by atoms with E-state index in [-0.39, 0.29) is 6.04 Å². The predicted octanol–water partition coefficient (Wildman–Crippen LogP) is 4.37. The zero-order valence-corrected chi connectivity index (χ0v) is 12.4. The van der Waals surface area contributed by atoms with E-state index < -0.39 is 0 Å². The van der Waals surface area contributed by atoms with Crippen molar-refractivity contribution in [2.45, 2.75) is 44.6 Å². The molecule has 0 fully saturated rings. The van der Waals surface area contributed by atoms with Gasteiger partial charge in [0.25, 0.3) is 0 Å². The van der Waals surface area contributed by atoms with Crippen molar-refractivity contribution < 1.29 is 0 Å². The zero-order valence-electron chi connectivity index (χ0n) is 10.9. The van der Waals surface area contributed by atoms with E-state index in [1.54, 1.807) is 0 Å². The highest BCUT2D eigenvalue weighted by Crippen LogP contribution is 2.28. The van der Waals surface area contributed by atoms with Crippen LogP contribution in [0.5, 0.6) is 0 Å². The molecule has 1 rings (SSSR count). The van der Waals surface area contributed by atoms with E-state index in [4.69, 9.17) is 17.3 Å². The maximum Gasteiger partial charge on any atom is 0.0409 e. The van der Waals surface area contributed by atoms with E-state index in [1.165, 1.54) is 16.9 Å². The molecule has 0 saturated heterocycles. The Kier molecular flexibility index (Phi) is 6.39. The first-order valence-electron chi connectivity index (χ1n) is 6.19. The van der Waals surface area contributed by atoms with Gasteiger partial charge >= 0.3 is 0 Å². The van der Waals surface area contributed by atoms with Crippen molar-refractivity contribution in [1.82, 2.24) is 0 Å². The molecule has 0 heterocycles. The van der Waals surface area contributed by atoms with Gasteiger partial charge < -0.3 is 5.73 Å². The van der Waals surface area contributed by atoms with Crippen LogP contribution < -0.4 is 5.73 Å². The lowest BCUT2D eigenvalue weighted by molar-refractivity contribution is 0.636. The molecule has 0 saturated carbocycles. The SMILES string of the molecule is CCC(C)CSc1ccc(Cl)cc1CC(C)N. The molecule has 2 unspecified atom stereocenters. The molecular formula is C14H22ClNS. The number of nitrogens with two attached hydrogens (primary N) is 1. The molecule has 0 radical (unpaired) electrons. The van der Waals surface area contributed by atoms with E-state index in [1.807, 2.05) is 30.8 Å². The average Bonchev–Trinajstić information content (AvgIpc) is 2.26. The van der Waals surface area contributed by atoms with Gasteiger partial charge in [-0.2, -0.15) is 0 Å². The quantitative estimate of drug-likeness (QED) is 0.778. The molecule has 17 heavy (non-hydrogen) atoms. The van der Waals surface area contributed by atoms with Crippen molar-refractivity contribution in [2.24, 2.45) is 11.7 Å². The summed E-state index contributed by atoms with van der Waals surface area (Å²) in [7, 11) is 0. The van der Waals surface area contributed by atoms with Crippen LogP contribution in [0.3, 0.4) is 0 Å². The summed E-state index contributed by atoms with van der Waals surface area (Å²) >= 11 is 7.96. The van der Waals surface area contributed by atoms with E-state index in [9.17, 15) is 0 Å². The third-order valence-corrected chi connectivity index (χ3v) is 4.46. The van der Waals surface area contributed by atoms with Crippen LogP contribution in [0, 0.1) is 5.92 Å². The second kappa shape index (κ2) is 7.30. The summed E-state index contributed by atoms with van der Waals surface area (Å²) in [6.45, 7) is 6.55. The standard InChI is InChI=1S/C14H22ClNS/c1-4-10(2)9-17-14-6-5-13(15)8-12(14)7-11(3)16/h5-6,8,10-11H,4,7,9,16H2,1-3H3. The van der Waals surface area contributed by atoms with Crippen LogP contribution in [0.1, 0.15) is 32.8 Å². The summed E-state index contributed by atoms with van der Waals surface area (Å²) in [5.74, 6) is 1.91. The Morgan fingerprint density at radius 3 is 2.65 bits per heavy atom. The first kappa shape index (κ1) is 14.9. The highest BCUT2D eigenvalue weighted by molar-refractivity contribution is 7.99. The lowest BCUT2D eigenvalue weighted by Gasteiger charge is -2.13. The van der Waals surface area contributed by atoms with Gasteiger partial charge in [-0.05, 0) is 43.0 Å². The summed E-state index contributed by atoms with van der Waals surface area (Å²) in [6.07, 6.45) is 2.12. The van der Waals surface area contributed by atoms with Crippen molar-refractivity contribution in [2.75, 3.05) is 5.75 Å². The predicted molar refractivity (Wildman–Crippen MR) is 79.0 cm³/mol. The van der Waals surface area contributed by atoms with Crippen LogP contribution in [0.25, 0.3) is 0 Å². The third kappa shape index (κ3) is 5.33. The van der Waals surface area contributed by atoms with Crippen molar-refractivity contribution >= 4 is 23.4 Å². The number of hydrogen-bond acceptors (Lipinski definition) is 2. The van der Waals surface area contributed by atoms with Crippen LogP contribution in [-0.4, -0.2) is 11.8 Å². The van der Waals surface area contributed by atoms with Crippen LogP contribution >= 0.6 is 23.4 Å². The van der Waals surface area contributed by atoms with Crippen LogP contribution in [0.15, 0.2) is 23.1 Å². The molecule has 1 aromatic rings. The third-order valence-electron chi connectivity index (χ3n) is 2.78. The Morgan fingerprint density at radius 1 is 1.35 bits per heavy atom. The minimum atomic E-state index is 0.177. The first-order valence-corrected chi connectivity index (χ1v) is 7.56. The number of halogens is 1. The molecule has 2 N–H and O–H groups in total. The Morgan fingerprint density at radius 2 is 2.06 bits per heavy atom. The fraction of sp³-hybridized carbons (Fsp3) is 0.571. The van der Waals surface area contributed by atoms with E-state index in [0.717, 1.165) is 23.1 Å². The van der Waals surface area contributed by atoms with Gasteiger partial charge in [0, 0.05) is 21.7 Å². The molecule has 0 aliphatic carbocycles. The van der Waals surface area contributed by atoms with Crippen molar-refractivity contribution in [3.63, 3.8) is 0 Å². The maximum atomic E-state index is 6.04. The van der Waals surface area contributed by atoms with Gasteiger partial charge in [-0.15, -0.1) is 11.8 Å². The van der Waals surface area contributed by atoms with Crippen LogP contribution in [0.2, 0.25) is 5.02 Å². The minimum absolute atomic E-state index is 0.177. The van der Waals surface area contributed by atoms with Crippen LogP contribution in [0.4, 0.5) is 0 Å². The van der Waals surface area contributed by atoms with Gasteiger partial charge in [0.05, 0.1) is 0 Å². The minimum Gasteiger partial charge on any atom is -0.328 e. The Bertz CT molecular complexity index is 352. The summed E-state index contributed by atoms with van der Waals surface area (Å²) in [5, 5.41) is 0.800. The van der Waals surface area contributed by atoms with Gasteiger partial charge in [-0.1, -0.05) is 31.9 Å². The largest absolute Gasteiger partial charge is 0.328 e. The Labute approximate surface area is 114 Å². The van der Waals surface area contributed by atoms with Gasteiger partial charge in [0.15, 0.2) is 0 Å². The molecule has 0 spiro atoms. The highest BCUT2D eigenvalue weighted by Gasteiger charge is 2.08. The van der Waals surface area contributed by atoms with Gasteiger partial charge in [-0.25, -0.2) is 0 Å². The summed E-state index contributed by atoms with van der Waals surface area (Å²) in [4.78, 5) is 1.33. The topological polar surface area (TPSA) is 26.0 Å². The summed E-state index contributed by atoms with van der Waals surface area (Å²) < 4.78 is 0. The van der Waals surface area contributed by atoms with E-state index in [0.29, 0.717) is 0 Å². The smallest absolute Gasteiger partial charge is 0.0409 e. The summed E-state index contributed by atoms with van der Waals surface area (Å²) in [6, 6.07) is 6.30. The molecule has 96 valence electrons. The first-order chi connectivity index (χ1) is 8.02. The fourth-order valence-corrected chi connectivity index (χ4v) is 2.93. The molecule has 2 atom stereocenters. The van der Waals surface area contributed by atoms with Crippen molar-refractivity contribution in [3.05, 3.63) is 28.8 Å². The molecule has 0 amide bonds. The second-order valence-corrected chi connectivity index (χ2v) is 6.26. The number of benzene rings is 1. The van der Waals surface area contributed by atoms with Gasteiger partial charge in [0.2, 0.25) is 0 Å². The molecular weight excluding hydrogens is 250 g/mol. The molecule has 0 aliphatic heterocycles. The molecule has 0 aliphatic rings. The fourth-order valence-electron chi connectivity index (χ4n) is 1.55. The molecule has 0 aromatic heterocycles. The van der Waals surface area contributed by atoms with Gasteiger partial charge in [-0.3, -0.25) is 0 Å². The molecule has 1 nitrogen and oxygen atoms in total. The monoisotopic (exact) mass is 271 g/mol. The van der Waals surface area contributed by atoms with Gasteiger partial charge in [0.1, 0.15) is 0 Å². The summed E-state index contributed by atoms with van der Waals surface area (Å²) in [5.41, 5.74) is 7.15. The normalized spacial score (nSPS) is 14.6. The number of hydrogen-bond donors (Lipinski definition) is 1.